The van der Waals surface area contributed by atoms with E-state index >= 15 is 0 Å². The van der Waals surface area contributed by atoms with Crippen LogP contribution in [0.5, 0.6) is 0 Å². The zero-order valence-corrected chi connectivity index (χ0v) is 13.2. The van der Waals surface area contributed by atoms with Crippen LogP contribution in [-0.2, 0) is 12.8 Å². The zero-order valence-electron chi connectivity index (χ0n) is 13.2. The smallest absolute Gasteiger partial charge is 0.174 e. The molecule has 0 aliphatic heterocycles. The Bertz CT molecular complexity index is 532. The molecule has 0 saturated carbocycles. The summed E-state index contributed by atoms with van der Waals surface area (Å²) in [5.74, 6) is 1.83. The van der Waals surface area contributed by atoms with Crippen molar-refractivity contribution >= 4 is 0 Å². The first-order valence-corrected chi connectivity index (χ1v) is 7.80. The van der Waals surface area contributed by atoms with Crippen molar-refractivity contribution in [2.45, 2.75) is 66.2 Å². The van der Waals surface area contributed by atoms with Gasteiger partial charge in [-0.15, -0.1) is 0 Å². The highest BCUT2D eigenvalue weighted by Crippen LogP contribution is 2.29. The average molecular weight is 274 g/mol. The van der Waals surface area contributed by atoms with Crippen molar-refractivity contribution in [3.63, 3.8) is 0 Å². The second-order valence-corrected chi connectivity index (χ2v) is 5.57. The summed E-state index contributed by atoms with van der Waals surface area (Å²) in [6.45, 7) is 8.54. The quantitative estimate of drug-likeness (QED) is 0.774. The molecule has 1 N–H and O–H groups in total. The van der Waals surface area contributed by atoms with Crippen LogP contribution in [0.3, 0.4) is 0 Å². The van der Waals surface area contributed by atoms with E-state index in [1.165, 1.54) is 36.8 Å². The third kappa shape index (κ3) is 3.14. The Morgan fingerprint density at radius 2 is 1.80 bits per heavy atom. The molecule has 2 rings (SSSR count). The number of aromatic amines is 1. The van der Waals surface area contributed by atoms with E-state index in [1.807, 2.05) is 13.2 Å². The molecule has 2 aromatic rings. The molecule has 2 heterocycles. The number of hydrogen-bond donors (Lipinski definition) is 1. The first-order chi connectivity index (χ1) is 9.67. The van der Waals surface area contributed by atoms with Gasteiger partial charge < -0.3 is 9.40 Å². The molecule has 0 spiro atoms. The van der Waals surface area contributed by atoms with Crippen LogP contribution in [0.15, 0.2) is 10.7 Å². The van der Waals surface area contributed by atoms with Crippen molar-refractivity contribution in [1.82, 2.24) is 9.97 Å². The van der Waals surface area contributed by atoms with Crippen molar-refractivity contribution in [2.24, 2.45) is 0 Å². The Morgan fingerprint density at radius 3 is 2.40 bits per heavy atom. The van der Waals surface area contributed by atoms with Crippen LogP contribution < -0.4 is 0 Å². The SMILES string of the molecule is CCCCc1coc(-c2nc(C)c(C)[nH]2)c1CCCC. The maximum absolute atomic E-state index is 5.85. The third-order valence-corrected chi connectivity index (χ3v) is 3.90. The van der Waals surface area contributed by atoms with E-state index in [2.05, 4.69) is 30.7 Å². The fourth-order valence-corrected chi connectivity index (χ4v) is 2.48. The molecule has 0 fully saturated rings. The van der Waals surface area contributed by atoms with Gasteiger partial charge >= 0.3 is 0 Å². The van der Waals surface area contributed by atoms with Gasteiger partial charge in [-0.05, 0) is 45.1 Å². The summed E-state index contributed by atoms with van der Waals surface area (Å²) in [6.07, 6.45) is 8.96. The summed E-state index contributed by atoms with van der Waals surface area (Å²) in [6, 6.07) is 0. The van der Waals surface area contributed by atoms with Crippen LogP contribution >= 0.6 is 0 Å². The molecule has 0 amide bonds. The highest BCUT2D eigenvalue weighted by molar-refractivity contribution is 5.56. The fourth-order valence-electron chi connectivity index (χ4n) is 2.48. The van der Waals surface area contributed by atoms with E-state index in [-0.39, 0.29) is 0 Å². The Balaban J connectivity index is 2.33. The number of nitrogens with zero attached hydrogens (tertiary/aromatic N) is 1. The first-order valence-electron chi connectivity index (χ1n) is 7.80. The largest absolute Gasteiger partial charge is 0.460 e. The Hall–Kier alpha value is -1.51. The minimum absolute atomic E-state index is 0.883. The fraction of sp³-hybridized carbons (Fsp3) is 0.588. The van der Waals surface area contributed by atoms with Crippen LogP contribution in [-0.4, -0.2) is 9.97 Å². The lowest BCUT2D eigenvalue weighted by Crippen LogP contribution is -1.94. The molecule has 0 aromatic carbocycles. The van der Waals surface area contributed by atoms with Crippen LogP contribution in [0.4, 0.5) is 0 Å². The number of hydrogen-bond acceptors (Lipinski definition) is 2. The van der Waals surface area contributed by atoms with Gasteiger partial charge in [0.2, 0.25) is 0 Å². The minimum atomic E-state index is 0.883. The second kappa shape index (κ2) is 6.78. The van der Waals surface area contributed by atoms with E-state index in [0.29, 0.717) is 0 Å². The van der Waals surface area contributed by atoms with Crippen LogP contribution in [0.25, 0.3) is 11.6 Å². The predicted molar refractivity (Wildman–Crippen MR) is 83.0 cm³/mol. The second-order valence-electron chi connectivity index (χ2n) is 5.57. The van der Waals surface area contributed by atoms with Crippen LogP contribution in [0.2, 0.25) is 0 Å². The summed E-state index contributed by atoms with van der Waals surface area (Å²) in [5, 5.41) is 0. The number of H-pyrrole nitrogens is 1. The predicted octanol–water partition coefficient (Wildman–Crippen LogP) is 4.97. The van der Waals surface area contributed by atoms with E-state index in [0.717, 1.165) is 35.8 Å². The first kappa shape index (κ1) is 14.9. The number of aryl methyl sites for hydroxylation is 3. The molecule has 0 aliphatic rings. The van der Waals surface area contributed by atoms with Crippen LogP contribution in [0.1, 0.15) is 62.0 Å². The molecule has 2 aromatic heterocycles. The van der Waals surface area contributed by atoms with Crippen LogP contribution in [0, 0.1) is 13.8 Å². The van der Waals surface area contributed by atoms with Gasteiger partial charge in [0.05, 0.1) is 12.0 Å². The van der Waals surface area contributed by atoms with Crippen molar-refractivity contribution < 1.29 is 4.42 Å². The number of rotatable bonds is 7. The summed E-state index contributed by atoms with van der Waals surface area (Å²) in [5.41, 5.74) is 4.89. The zero-order chi connectivity index (χ0) is 14.5. The standard InChI is InChI=1S/C17H26N2O/c1-5-7-9-14-11-20-16(15(14)10-8-6-2)17-18-12(3)13(4)19-17/h11H,5-10H2,1-4H3,(H,18,19). The number of furan rings is 1. The van der Waals surface area contributed by atoms with Gasteiger partial charge in [-0.3, -0.25) is 0 Å². The molecule has 3 heteroatoms. The van der Waals surface area contributed by atoms with Gasteiger partial charge in [0.15, 0.2) is 11.6 Å². The van der Waals surface area contributed by atoms with Crippen molar-refractivity contribution in [2.75, 3.05) is 0 Å². The molecule has 0 bridgehead atoms. The summed E-state index contributed by atoms with van der Waals surface area (Å²) in [4.78, 5) is 7.94. The molecule has 3 nitrogen and oxygen atoms in total. The van der Waals surface area contributed by atoms with Gasteiger partial charge in [0.1, 0.15) is 0 Å². The highest BCUT2D eigenvalue weighted by atomic mass is 16.3. The number of unbranched alkanes of at least 4 members (excludes halogenated alkanes) is 2. The number of nitrogens with one attached hydrogen (secondary N) is 1. The lowest BCUT2D eigenvalue weighted by atomic mass is 10.0. The summed E-state index contributed by atoms with van der Waals surface area (Å²) >= 11 is 0. The lowest BCUT2D eigenvalue weighted by molar-refractivity contribution is 0.570. The molecule has 0 aliphatic carbocycles. The van der Waals surface area contributed by atoms with E-state index in [9.17, 15) is 0 Å². The molecule has 0 saturated heterocycles. The Kier molecular flexibility index (Phi) is 5.05. The van der Waals surface area contributed by atoms with Gasteiger partial charge in [0.25, 0.3) is 0 Å². The van der Waals surface area contributed by atoms with Gasteiger partial charge in [-0.1, -0.05) is 26.7 Å². The Morgan fingerprint density at radius 1 is 1.10 bits per heavy atom. The average Bonchev–Trinajstić information content (AvgIpc) is 2.98. The summed E-state index contributed by atoms with van der Waals surface area (Å²) in [7, 11) is 0. The van der Waals surface area contributed by atoms with Crippen molar-refractivity contribution in [3.8, 4) is 11.6 Å². The highest BCUT2D eigenvalue weighted by Gasteiger charge is 2.17. The molecular weight excluding hydrogens is 248 g/mol. The Labute approximate surface area is 121 Å². The maximum Gasteiger partial charge on any atom is 0.174 e. The van der Waals surface area contributed by atoms with Gasteiger partial charge in [0, 0.05) is 11.3 Å². The number of aromatic nitrogens is 2. The third-order valence-electron chi connectivity index (χ3n) is 3.90. The molecule has 0 atom stereocenters. The van der Waals surface area contributed by atoms with E-state index < -0.39 is 0 Å². The van der Waals surface area contributed by atoms with Gasteiger partial charge in [-0.2, -0.15) is 0 Å². The van der Waals surface area contributed by atoms with E-state index in [1.54, 1.807) is 0 Å². The van der Waals surface area contributed by atoms with E-state index in [4.69, 9.17) is 4.42 Å². The van der Waals surface area contributed by atoms with Crippen molar-refractivity contribution in [3.05, 3.63) is 28.8 Å². The molecule has 110 valence electrons. The number of imidazole rings is 1. The molecule has 0 unspecified atom stereocenters. The molecular formula is C17H26N2O. The minimum Gasteiger partial charge on any atom is -0.460 e. The molecule has 0 radical (unpaired) electrons. The lowest BCUT2D eigenvalue weighted by Gasteiger charge is -2.03. The van der Waals surface area contributed by atoms with Crippen molar-refractivity contribution in [1.29, 1.82) is 0 Å². The van der Waals surface area contributed by atoms with Gasteiger partial charge in [-0.25, -0.2) is 4.98 Å². The maximum atomic E-state index is 5.85. The topological polar surface area (TPSA) is 41.8 Å². The monoisotopic (exact) mass is 274 g/mol. The molecule has 20 heavy (non-hydrogen) atoms. The normalized spacial score (nSPS) is 11.2. The summed E-state index contributed by atoms with van der Waals surface area (Å²) < 4.78 is 5.85.